The van der Waals surface area contributed by atoms with Crippen molar-refractivity contribution in [2.75, 3.05) is 58.4 Å². The van der Waals surface area contributed by atoms with E-state index in [1.165, 1.54) is 6.33 Å². The predicted molar refractivity (Wildman–Crippen MR) is 134 cm³/mol. The van der Waals surface area contributed by atoms with E-state index in [-0.39, 0.29) is 11.9 Å². The number of carbonyl (C=O) groups is 1. The summed E-state index contributed by atoms with van der Waals surface area (Å²) in [6.07, 6.45) is 1.00. The first-order chi connectivity index (χ1) is 17.0. The van der Waals surface area contributed by atoms with Gasteiger partial charge in [0.05, 0.1) is 31.9 Å². The molecule has 2 aliphatic heterocycles. The standard InChI is InChI=1S/C25H28ClN5O4/c1-34-22-11-18-19(12-23(22)35-2)27-15-28-24(18)31-13-20(21(32)14-31)29-7-9-30(10-8-29)25(33)16-3-5-17(26)6-4-16/h3-6,11-12,15,20-21,32H,7-10,13-14H2,1-2H3/t20-,21-/m0/s1. The van der Waals surface area contributed by atoms with E-state index in [0.29, 0.717) is 61.4 Å². The number of aliphatic hydroxyl groups excluding tert-OH is 1. The quantitative estimate of drug-likeness (QED) is 0.574. The monoisotopic (exact) mass is 497 g/mol. The number of benzene rings is 2. The summed E-state index contributed by atoms with van der Waals surface area (Å²) in [5.74, 6) is 1.98. The Morgan fingerprint density at radius 2 is 1.69 bits per heavy atom. The Bertz CT molecular complexity index is 1220. The summed E-state index contributed by atoms with van der Waals surface area (Å²) in [4.78, 5) is 28.0. The number of aromatic nitrogens is 2. The third-order valence-electron chi connectivity index (χ3n) is 6.84. The van der Waals surface area contributed by atoms with Crippen molar-refractivity contribution in [1.29, 1.82) is 0 Å². The van der Waals surface area contributed by atoms with Gasteiger partial charge in [0.25, 0.3) is 5.91 Å². The maximum atomic E-state index is 12.8. The molecule has 1 aromatic heterocycles. The van der Waals surface area contributed by atoms with E-state index in [0.717, 1.165) is 16.7 Å². The van der Waals surface area contributed by atoms with Crippen molar-refractivity contribution >= 4 is 34.2 Å². The number of carbonyl (C=O) groups excluding carboxylic acids is 1. The van der Waals surface area contributed by atoms with Crippen LogP contribution in [0.2, 0.25) is 5.02 Å². The van der Waals surface area contributed by atoms with Crippen molar-refractivity contribution in [2.24, 2.45) is 0 Å². The number of hydrogen-bond acceptors (Lipinski definition) is 8. The summed E-state index contributed by atoms with van der Waals surface area (Å²) in [7, 11) is 3.19. The highest BCUT2D eigenvalue weighted by atomic mass is 35.5. The van der Waals surface area contributed by atoms with E-state index in [9.17, 15) is 9.90 Å². The lowest BCUT2D eigenvalue weighted by Gasteiger charge is -2.38. The number of anilines is 1. The summed E-state index contributed by atoms with van der Waals surface area (Å²) in [5, 5.41) is 12.4. The molecular weight excluding hydrogens is 470 g/mol. The van der Waals surface area contributed by atoms with Crippen LogP contribution in [0, 0.1) is 0 Å². The Hall–Kier alpha value is -3.14. The zero-order chi connectivity index (χ0) is 24.5. The molecule has 3 aromatic rings. The number of rotatable bonds is 5. The molecule has 2 fully saturated rings. The molecule has 0 bridgehead atoms. The zero-order valence-corrected chi connectivity index (χ0v) is 20.5. The molecular formula is C25H28ClN5O4. The largest absolute Gasteiger partial charge is 0.493 e. The van der Waals surface area contributed by atoms with Gasteiger partial charge in [0, 0.05) is 61.3 Å². The van der Waals surface area contributed by atoms with Crippen LogP contribution in [0.1, 0.15) is 10.4 Å². The van der Waals surface area contributed by atoms with Crippen LogP contribution in [-0.2, 0) is 0 Å². The first kappa shape index (κ1) is 23.6. The van der Waals surface area contributed by atoms with Crippen molar-refractivity contribution in [2.45, 2.75) is 12.1 Å². The van der Waals surface area contributed by atoms with E-state index >= 15 is 0 Å². The SMILES string of the molecule is COc1cc2ncnc(N3C[C@H](O)[C@@H](N4CCN(C(=O)c5ccc(Cl)cc5)CC4)C3)c2cc1OC. The van der Waals surface area contributed by atoms with Gasteiger partial charge in [-0.05, 0) is 30.3 Å². The van der Waals surface area contributed by atoms with Gasteiger partial charge in [-0.2, -0.15) is 0 Å². The summed E-state index contributed by atoms with van der Waals surface area (Å²) in [6.45, 7) is 3.72. The van der Waals surface area contributed by atoms with Crippen LogP contribution >= 0.6 is 11.6 Å². The molecule has 0 saturated carbocycles. The molecule has 184 valence electrons. The van der Waals surface area contributed by atoms with Crippen LogP contribution in [0.4, 0.5) is 5.82 Å². The molecule has 0 aliphatic carbocycles. The lowest BCUT2D eigenvalue weighted by atomic mass is 10.1. The molecule has 2 atom stereocenters. The lowest BCUT2D eigenvalue weighted by molar-refractivity contribution is 0.0376. The zero-order valence-electron chi connectivity index (χ0n) is 19.7. The molecule has 35 heavy (non-hydrogen) atoms. The third-order valence-corrected chi connectivity index (χ3v) is 7.09. The number of β-amino-alcohol motifs (C(OH)–C–C–N with tert-alkyl or cyclic N) is 1. The minimum Gasteiger partial charge on any atom is -0.493 e. The smallest absolute Gasteiger partial charge is 0.253 e. The Labute approximate surface area is 208 Å². The number of aliphatic hydroxyl groups is 1. The highest BCUT2D eigenvalue weighted by molar-refractivity contribution is 6.30. The molecule has 5 rings (SSSR count). The second-order valence-corrected chi connectivity index (χ2v) is 9.23. The average molecular weight is 498 g/mol. The fourth-order valence-electron chi connectivity index (χ4n) is 4.95. The second kappa shape index (κ2) is 9.85. The highest BCUT2D eigenvalue weighted by Gasteiger charge is 2.38. The topological polar surface area (TPSA) is 91.3 Å². The van der Waals surface area contributed by atoms with E-state index in [4.69, 9.17) is 21.1 Å². The van der Waals surface area contributed by atoms with Gasteiger partial charge in [0.15, 0.2) is 11.5 Å². The minimum absolute atomic E-state index is 0.00624. The van der Waals surface area contributed by atoms with Crippen LogP contribution in [0.5, 0.6) is 11.5 Å². The van der Waals surface area contributed by atoms with Gasteiger partial charge in [0.1, 0.15) is 12.1 Å². The van der Waals surface area contributed by atoms with Gasteiger partial charge in [-0.25, -0.2) is 9.97 Å². The fourth-order valence-corrected chi connectivity index (χ4v) is 5.08. The predicted octanol–water partition coefficient (Wildman–Crippen LogP) is 2.31. The summed E-state index contributed by atoms with van der Waals surface area (Å²) in [6, 6.07) is 10.6. The van der Waals surface area contributed by atoms with Crippen LogP contribution in [-0.4, -0.2) is 96.4 Å². The Morgan fingerprint density at radius 1 is 1.00 bits per heavy atom. The number of fused-ring (bicyclic) bond motifs is 1. The number of hydrogen-bond donors (Lipinski definition) is 1. The Balaban J connectivity index is 1.28. The van der Waals surface area contributed by atoms with Gasteiger partial charge in [-0.1, -0.05) is 11.6 Å². The van der Waals surface area contributed by atoms with Gasteiger partial charge in [-0.3, -0.25) is 9.69 Å². The third kappa shape index (κ3) is 4.59. The Kier molecular flexibility index (Phi) is 6.64. The van der Waals surface area contributed by atoms with Crippen LogP contribution in [0.15, 0.2) is 42.7 Å². The van der Waals surface area contributed by atoms with Gasteiger partial charge in [-0.15, -0.1) is 0 Å². The molecule has 2 saturated heterocycles. The maximum Gasteiger partial charge on any atom is 0.253 e. The number of ether oxygens (including phenoxy) is 2. The maximum absolute atomic E-state index is 12.8. The number of methoxy groups -OCH3 is 2. The van der Waals surface area contributed by atoms with E-state index < -0.39 is 6.10 Å². The molecule has 10 heteroatoms. The van der Waals surface area contributed by atoms with Crippen molar-refractivity contribution < 1.29 is 19.4 Å². The fraction of sp³-hybridized carbons (Fsp3) is 0.400. The normalized spacial score (nSPS) is 20.9. The number of halogens is 1. The summed E-state index contributed by atoms with van der Waals surface area (Å²) >= 11 is 5.95. The second-order valence-electron chi connectivity index (χ2n) is 8.80. The van der Waals surface area contributed by atoms with E-state index in [1.54, 1.807) is 38.5 Å². The molecule has 0 spiro atoms. The molecule has 3 heterocycles. The van der Waals surface area contributed by atoms with Gasteiger partial charge >= 0.3 is 0 Å². The minimum atomic E-state index is -0.529. The molecule has 2 aliphatic rings. The molecule has 0 radical (unpaired) electrons. The number of piperazine rings is 1. The number of nitrogens with zero attached hydrogens (tertiary/aromatic N) is 5. The first-order valence-electron chi connectivity index (χ1n) is 11.6. The first-order valence-corrected chi connectivity index (χ1v) is 11.9. The van der Waals surface area contributed by atoms with Crippen LogP contribution in [0.3, 0.4) is 0 Å². The molecule has 0 unspecified atom stereocenters. The summed E-state index contributed by atoms with van der Waals surface area (Å²) < 4.78 is 10.9. The van der Waals surface area contributed by atoms with Gasteiger partial charge in [0.2, 0.25) is 0 Å². The summed E-state index contributed by atoms with van der Waals surface area (Å²) in [5.41, 5.74) is 1.39. The number of amides is 1. The molecule has 2 aromatic carbocycles. The highest BCUT2D eigenvalue weighted by Crippen LogP contribution is 2.36. The van der Waals surface area contributed by atoms with Crippen molar-refractivity contribution in [1.82, 2.24) is 19.8 Å². The lowest BCUT2D eigenvalue weighted by Crippen LogP contribution is -2.54. The van der Waals surface area contributed by atoms with Crippen LogP contribution in [0.25, 0.3) is 10.9 Å². The van der Waals surface area contributed by atoms with Crippen molar-refractivity contribution in [3.8, 4) is 11.5 Å². The van der Waals surface area contributed by atoms with Crippen molar-refractivity contribution in [3.63, 3.8) is 0 Å². The Morgan fingerprint density at radius 3 is 2.37 bits per heavy atom. The van der Waals surface area contributed by atoms with E-state index in [1.807, 2.05) is 17.0 Å². The van der Waals surface area contributed by atoms with Crippen LogP contribution < -0.4 is 14.4 Å². The van der Waals surface area contributed by atoms with E-state index in [2.05, 4.69) is 19.8 Å². The molecule has 1 amide bonds. The van der Waals surface area contributed by atoms with Crippen molar-refractivity contribution in [3.05, 3.63) is 53.3 Å². The molecule has 9 nitrogen and oxygen atoms in total. The average Bonchev–Trinajstić information content (AvgIpc) is 3.28. The molecule has 1 N–H and O–H groups in total. The van der Waals surface area contributed by atoms with Gasteiger partial charge < -0.3 is 24.4 Å².